The van der Waals surface area contributed by atoms with Gasteiger partial charge in [-0.25, -0.2) is 0 Å². The zero-order valence-electron chi connectivity index (χ0n) is 12.8. The summed E-state index contributed by atoms with van der Waals surface area (Å²) in [5.41, 5.74) is 2.81. The molecule has 0 saturated carbocycles. The molecule has 1 fully saturated rings. The molecule has 1 N–H and O–H groups in total. The maximum atomic E-state index is 3.75. The van der Waals surface area contributed by atoms with Gasteiger partial charge in [0.1, 0.15) is 0 Å². The predicted octanol–water partition coefficient (Wildman–Crippen LogP) is 3.40. The molecule has 0 radical (unpaired) electrons. The highest BCUT2D eigenvalue weighted by Crippen LogP contribution is 2.24. The minimum Gasteiger partial charge on any atom is -0.307 e. The fraction of sp³-hybridized carbons (Fsp3) is 0.368. The molecule has 21 heavy (non-hydrogen) atoms. The second kappa shape index (κ2) is 6.42. The first-order valence-electron chi connectivity index (χ1n) is 7.83. The molecule has 3 rings (SSSR count). The van der Waals surface area contributed by atoms with Gasteiger partial charge < -0.3 is 5.32 Å². The molecule has 110 valence electrons. The molecule has 2 aromatic rings. The summed E-state index contributed by atoms with van der Waals surface area (Å²) in [5.74, 6) is 0. The molecule has 1 unspecified atom stereocenters. The normalized spacial score (nSPS) is 23.7. The highest BCUT2D eigenvalue weighted by molar-refractivity contribution is 5.25. The molecule has 2 aromatic carbocycles. The molecule has 2 nitrogen and oxygen atoms in total. The van der Waals surface area contributed by atoms with Crippen LogP contribution in [0, 0.1) is 0 Å². The van der Waals surface area contributed by atoms with Crippen molar-refractivity contribution in [2.45, 2.75) is 25.4 Å². The summed E-state index contributed by atoms with van der Waals surface area (Å²) in [5, 5.41) is 3.75. The molecule has 2 heteroatoms. The monoisotopic (exact) mass is 280 g/mol. The number of nitrogens with one attached hydrogen (secondary N) is 1. The van der Waals surface area contributed by atoms with Gasteiger partial charge in [0.2, 0.25) is 0 Å². The van der Waals surface area contributed by atoms with Gasteiger partial charge in [-0.15, -0.1) is 0 Å². The van der Waals surface area contributed by atoms with Crippen molar-refractivity contribution in [3.05, 3.63) is 71.8 Å². The standard InChI is InChI=1S/C19H24N2/c1-19(18-11-6-3-7-12-18)16-21(14-8-13-20-19)15-17-9-4-2-5-10-17/h2-7,9-12,20H,8,13-16H2,1H3. The Morgan fingerprint density at radius 1 is 1.00 bits per heavy atom. The van der Waals surface area contributed by atoms with Crippen molar-refractivity contribution in [1.82, 2.24) is 10.2 Å². The summed E-state index contributed by atoms with van der Waals surface area (Å²) in [6, 6.07) is 21.6. The maximum Gasteiger partial charge on any atom is 0.0535 e. The summed E-state index contributed by atoms with van der Waals surface area (Å²) in [4.78, 5) is 2.57. The summed E-state index contributed by atoms with van der Waals surface area (Å²) >= 11 is 0. The van der Waals surface area contributed by atoms with Gasteiger partial charge in [0, 0.05) is 13.1 Å². The fourth-order valence-electron chi connectivity index (χ4n) is 3.23. The number of hydrogen-bond acceptors (Lipinski definition) is 2. The molecule has 0 spiro atoms. The molecule has 1 aliphatic rings. The average molecular weight is 280 g/mol. The Morgan fingerprint density at radius 3 is 2.38 bits per heavy atom. The van der Waals surface area contributed by atoms with Gasteiger partial charge in [0.05, 0.1) is 5.54 Å². The summed E-state index contributed by atoms with van der Waals surface area (Å²) in [7, 11) is 0. The third-order valence-corrected chi connectivity index (χ3v) is 4.37. The lowest BCUT2D eigenvalue weighted by Gasteiger charge is -2.34. The molecule has 0 bridgehead atoms. The summed E-state index contributed by atoms with van der Waals surface area (Å²) in [6.45, 7) is 6.64. The van der Waals surface area contributed by atoms with Crippen molar-refractivity contribution in [3.8, 4) is 0 Å². The van der Waals surface area contributed by atoms with Gasteiger partial charge in [-0.05, 0) is 37.6 Å². The van der Waals surface area contributed by atoms with Gasteiger partial charge in [0.15, 0.2) is 0 Å². The van der Waals surface area contributed by atoms with Crippen molar-refractivity contribution in [3.63, 3.8) is 0 Å². The van der Waals surface area contributed by atoms with Crippen LogP contribution in [-0.2, 0) is 12.1 Å². The van der Waals surface area contributed by atoms with Gasteiger partial charge in [0.25, 0.3) is 0 Å². The minimum atomic E-state index is 0.0343. The van der Waals surface area contributed by atoms with Gasteiger partial charge in [-0.2, -0.15) is 0 Å². The van der Waals surface area contributed by atoms with Crippen molar-refractivity contribution in [2.75, 3.05) is 19.6 Å². The molecule has 0 amide bonds. The van der Waals surface area contributed by atoms with E-state index in [0.717, 1.165) is 26.2 Å². The van der Waals surface area contributed by atoms with E-state index in [2.05, 4.69) is 77.8 Å². The third-order valence-electron chi connectivity index (χ3n) is 4.37. The SMILES string of the molecule is CC1(c2ccccc2)CN(Cc2ccccc2)CCCN1. The predicted molar refractivity (Wildman–Crippen MR) is 88.1 cm³/mol. The highest BCUT2D eigenvalue weighted by Gasteiger charge is 2.30. The Labute approximate surface area is 127 Å². The first-order valence-corrected chi connectivity index (χ1v) is 7.83. The van der Waals surface area contributed by atoms with E-state index in [-0.39, 0.29) is 5.54 Å². The van der Waals surface area contributed by atoms with Crippen molar-refractivity contribution in [2.24, 2.45) is 0 Å². The van der Waals surface area contributed by atoms with Crippen LogP contribution >= 0.6 is 0 Å². The smallest absolute Gasteiger partial charge is 0.0535 e. The molecule has 1 aliphatic heterocycles. The zero-order valence-corrected chi connectivity index (χ0v) is 12.8. The average Bonchev–Trinajstić information content (AvgIpc) is 2.72. The van der Waals surface area contributed by atoms with Crippen LogP contribution in [0.1, 0.15) is 24.5 Å². The Morgan fingerprint density at radius 2 is 1.67 bits per heavy atom. The third kappa shape index (κ3) is 3.52. The highest BCUT2D eigenvalue weighted by atomic mass is 15.2. The van der Waals surface area contributed by atoms with E-state index in [1.165, 1.54) is 17.5 Å². The number of rotatable bonds is 3. The Balaban J connectivity index is 1.77. The Kier molecular flexibility index (Phi) is 4.37. The lowest BCUT2D eigenvalue weighted by atomic mass is 9.91. The van der Waals surface area contributed by atoms with Crippen LogP contribution in [0.5, 0.6) is 0 Å². The maximum absolute atomic E-state index is 3.75. The Hall–Kier alpha value is -1.64. The lowest BCUT2D eigenvalue weighted by Crippen LogP contribution is -2.46. The molecule has 0 aliphatic carbocycles. The molecule has 1 heterocycles. The van der Waals surface area contributed by atoms with Crippen LogP contribution < -0.4 is 5.32 Å². The quantitative estimate of drug-likeness (QED) is 0.927. The van der Waals surface area contributed by atoms with E-state index in [1.807, 2.05) is 0 Å². The van der Waals surface area contributed by atoms with Crippen LogP contribution in [0.25, 0.3) is 0 Å². The Bertz CT molecular complexity index is 552. The summed E-state index contributed by atoms with van der Waals surface area (Å²) in [6.07, 6.45) is 1.20. The second-order valence-corrected chi connectivity index (χ2v) is 6.17. The second-order valence-electron chi connectivity index (χ2n) is 6.17. The topological polar surface area (TPSA) is 15.3 Å². The number of hydrogen-bond donors (Lipinski definition) is 1. The first-order chi connectivity index (χ1) is 10.3. The van der Waals surface area contributed by atoms with E-state index in [9.17, 15) is 0 Å². The van der Waals surface area contributed by atoms with Crippen LogP contribution in [-0.4, -0.2) is 24.5 Å². The number of nitrogens with zero attached hydrogens (tertiary/aromatic N) is 1. The van der Waals surface area contributed by atoms with Crippen LogP contribution in [0.15, 0.2) is 60.7 Å². The van der Waals surface area contributed by atoms with Crippen molar-refractivity contribution >= 4 is 0 Å². The van der Waals surface area contributed by atoms with Gasteiger partial charge in [-0.1, -0.05) is 60.7 Å². The van der Waals surface area contributed by atoms with Crippen LogP contribution in [0.2, 0.25) is 0 Å². The van der Waals surface area contributed by atoms with Crippen molar-refractivity contribution < 1.29 is 0 Å². The van der Waals surface area contributed by atoms with E-state index >= 15 is 0 Å². The van der Waals surface area contributed by atoms with Crippen molar-refractivity contribution in [1.29, 1.82) is 0 Å². The van der Waals surface area contributed by atoms with E-state index in [1.54, 1.807) is 0 Å². The van der Waals surface area contributed by atoms with Crippen LogP contribution in [0.4, 0.5) is 0 Å². The van der Waals surface area contributed by atoms with E-state index in [0.29, 0.717) is 0 Å². The molecule has 0 aromatic heterocycles. The largest absolute Gasteiger partial charge is 0.307 e. The minimum absolute atomic E-state index is 0.0343. The zero-order chi connectivity index (χ0) is 14.5. The molecule has 1 saturated heterocycles. The lowest BCUT2D eigenvalue weighted by molar-refractivity contribution is 0.213. The van der Waals surface area contributed by atoms with Gasteiger partial charge in [-0.3, -0.25) is 4.90 Å². The first kappa shape index (κ1) is 14.3. The summed E-state index contributed by atoms with van der Waals surface area (Å²) < 4.78 is 0. The van der Waals surface area contributed by atoms with Gasteiger partial charge >= 0.3 is 0 Å². The number of benzene rings is 2. The van der Waals surface area contributed by atoms with E-state index < -0.39 is 0 Å². The molecular weight excluding hydrogens is 256 g/mol. The molecular formula is C19H24N2. The van der Waals surface area contributed by atoms with E-state index in [4.69, 9.17) is 0 Å². The molecule has 1 atom stereocenters. The van der Waals surface area contributed by atoms with Crippen LogP contribution in [0.3, 0.4) is 0 Å². The fourth-order valence-corrected chi connectivity index (χ4v) is 3.23.